The number of carbonyl (C=O) groups is 3. The molecule has 2 saturated heterocycles. The van der Waals surface area contributed by atoms with Gasteiger partial charge in [-0.2, -0.15) is 5.01 Å². The molecule has 204 valence electrons. The number of aliphatic hydroxyl groups is 1. The zero-order valence-electron chi connectivity index (χ0n) is 20.6. The summed E-state index contributed by atoms with van der Waals surface area (Å²) in [6, 6.07) is 9.78. The summed E-state index contributed by atoms with van der Waals surface area (Å²) in [6.07, 6.45) is -2.44. The van der Waals surface area contributed by atoms with Gasteiger partial charge in [-0.05, 0) is 41.8 Å². The van der Waals surface area contributed by atoms with E-state index in [2.05, 4.69) is 5.32 Å². The Hall–Kier alpha value is -2.80. The van der Waals surface area contributed by atoms with Gasteiger partial charge in [0.05, 0.1) is 23.1 Å². The van der Waals surface area contributed by atoms with Gasteiger partial charge < -0.3 is 20.0 Å². The number of aliphatic carboxylic acids is 1. The molecular formula is C25H28Cl2FN5O5. The maximum atomic E-state index is 13.5. The number of carboxylic acids is 1. The first-order valence-corrected chi connectivity index (χ1v) is 12.7. The second kappa shape index (κ2) is 11.9. The quantitative estimate of drug-likeness (QED) is 0.394. The van der Waals surface area contributed by atoms with E-state index in [0.717, 1.165) is 5.56 Å². The largest absolute Gasteiger partial charge is 0.481 e. The molecule has 3 atom stereocenters. The molecule has 0 radical (unpaired) electrons. The van der Waals surface area contributed by atoms with Crippen molar-refractivity contribution in [3.63, 3.8) is 0 Å². The number of piperazine rings is 1. The van der Waals surface area contributed by atoms with Crippen LogP contribution in [0.1, 0.15) is 24.0 Å². The molecule has 2 amide bonds. The van der Waals surface area contributed by atoms with Gasteiger partial charge in [0.25, 0.3) is 0 Å². The first-order valence-electron chi connectivity index (χ1n) is 12.0. The topological polar surface area (TPSA) is 117 Å². The number of fused-ring (bicyclic) bond motifs is 1. The molecule has 2 aliphatic heterocycles. The predicted molar refractivity (Wildman–Crippen MR) is 137 cm³/mol. The van der Waals surface area contributed by atoms with Crippen LogP contribution in [0.2, 0.25) is 10.0 Å². The Morgan fingerprint density at radius 3 is 2.47 bits per heavy atom. The summed E-state index contributed by atoms with van der Waals surface area (Å²) in [5, 5.41) is 27.2. The van der Waals surface area contributed by atoms with Crippen molar-refractivity contribution >= 4 is 41.0 Å². The van der Waals surface area contributed by atoms with E-state index in [9.17, 15) is 29.0 Å². The number of nitrogens with zero attached hydrogens (tertiary/aromatic N) is 4. The summed E-state index contributed by atoms with van der Waals surface area (Å²) in [7, 11) is 1.64. The Morgan fingerprint density at radius 2 is 1.82 bits per heavy atom. The summed E-state index contributed by atoms with van der Waals surface area (Å²) in [5.74, 6) is -2.20. The van der Waals surface area contributed by atoms with Crippen molar-refractivity contribution in [2.45, 2.75) is 44.5 Å². The molecule has 2 aromatic rings. The van der Waals surface area contributed by atoms with Crippen LogP contribution in [0, 0.1) is 5.82 Å². The Labute approximate surface area is 229 Å². The van der Waals surface area contributed by atoms with Gasteiger partial charge in [0.2, 0.25) is 11.8 Å². The Balaban J connectivity index is 1.61. The molecule has 2 fully saturated rings. The van der Waals surface area contributed by atoms with Crippen molar-refractivity contribution < 1.29 is 29.0 Å². The number of carboxylic acid groups (broad SMARTS) is 1. The molecule has 10 nitrogen and oxygen atoms in total. The monoisotopic (exact) mass is 567 g/mol. The van der Waals surface area contributed by atoms with E-state index in [1.165, 1.54) is 21.9 Å². The van der Waals surface area contributed by atoms with Crippen LogP contribution in [0.25, 0.3) is 0 Å². The minimum absolute atomic E-state index is 0.0496. The van der Waals surface area contributed by atoms with Crippen LogP contribution in [0.4, 0.5) is 4.39 Å². The molecular weight excluding hydrogens is 540 g/mol. The number of rotatable bonds is 9. The van der Waals surface area contributed by atoms with E-state index in [0.29, 0.717) is 15.6 Å². The molecule has 38 heavy (non-hydrogen) atoms. The third kappa shape index (κ3) is 6.25. The summed E-state index contributed by atoms with van der Waals surface area (Å²) >= 11 is 12.2. The fourth-order valence-electron chi connectivity index (χ4n) is 4.83. The first kappa shape index (κ1) is 28.2. The van der Waals surface area contributed by atoms with E-state index in [1.54, 1.807) is 47.4 Å². The standard InChI is InChI=1S/C25H28Cl2FN5O5/c1-30-14-22(34)32-20(8-9-23(35)36)24(37)31(12-16-4-7-18(26)19(27)10-16)13-21(32)33(30)25(38)29-11-15-2-5-17(28)6-3-15/h2-7,10,20-21,25,29,38H,8-9,11-14H2,1H3,(H,35,36)/t20-,21-,25?/m0/s1. The van der Waals surface area contributed by atoms with Crippen LogP contribution in [0.15, 0.2) is 42.5 Å². The van der Waals surface area contributed by atoms with E-state index >= 15 is 0 Å². The normalized spacial score (nSPS) is 21.5. The van der Waals surface area contributed by atoms with E-state index in [1.807, 2.05) is 0 Å². The highest BCUT2D eigenvalue weighted by molar-refractivity contribution is 6.42. The molecule has 2 aliphatic rings. The number of carbonyl (C=O) groups excluding carboxylic acids is 2. The van der Waals surface area contributed by atoms with Gasteiger partial charge in [0.15, 0.2) is 6.35 Å². The SMILES string of the molecule is CN1CC(=O)N2[C@@H](CCC(=O)O)C(=O)N(Cc3ccc(Cl)c(Cl)c3)C[C@@H]2N1C(O)NCc1ccc(F)cc1. The lowest BCUT2D eigenvalue weighted by Gasteiger charge is -2.55. The molecule has 0 spiro atoms. The van der Waals surface area contributed by atoms with Gasteiger partial charge in [0, 0.05) is 26.6 Å². The van der Waals surface area contributed by atoms with Crippen LogP contribution >= 0.6 is 23.2 Å². The molecule has 4 rings (SSSR count). The minimum Gasteiger partial charge on any atom is -0.481 e. The van der Waals surface area contributed by atoms with Crippen molar-refractivity contribution in [2.75, 3.05) is 20.1 Å². The number of nitrogens with one attached hydrogen (secondary N) is 1. The Kier molecular flexibility index (Phi) is 8.86. The van der Waals surface area contributed by atoms with Crippen molar-refractivity contribution in [1.82, 2.24) is 25.1 Å². The van der Waals surface area contributed by atoms with Gasteiger partial charge in [-0.1, -0.05) is 41.4 Å². The van der Waals surface area contributed by atoms with Crippen molar-refractivity contribution in [3.8, 4) is 0 Å². The molecule has 2 heterocycles. The maximum Gasteiger partial charge on any atom is 0.303 e. The zero-order chi connectivity index (χ0) is 27.6. The lowest BCUT2D eigenvalue weighted by atomic mass is 10.0. The number of halogens is 3. The third-order valence-electron chi connectivity index (χ3n) is 6.63. The molecule has 0 saturated carbocycles. The van der Waals surface area contributed by atoms with E-state index in [4.69, 9.17) is 23.2 Å². The first-order chi connectivity index (χ1) is 18.0. The fourth-order valence-corrected chi connectivity index (χ4v) is 5.15. The molecule has 2 aromatic carbocycles. The summed E-state index contributed by atoms with van der Waals surface area (Å²) in [5.41, 5.74) is 1.44. The fraction of sp³-hybridized carbons (Fsp3) is 0.400. The van der Waals surface area contributed by atoms with Crippen LogP contribution < -0.4 is 5.32 Å². The summed E-state index contributed by atoms with van der Waals surface area (Å²) in [6.45, 7) is 0.290. The number of hydrogen-bond acceptors (Lipinski definition) is 7. The van der Waals surface area contributed by atoms with Crippen LogP contribution in [0.3, 0.4) is 0 Å². The molecule has 0 bridgehead atoms. The predicted octanol–water partition coefficient (Wildman–Crippen LogP) is 2.09. The number of hydrazine groups is 1. The van der Waals surface area contributed by atoms with Crippen molar-refractivity contribution in [1.29, 1.82) is 0 Å². The minimum atomic E-state index is -1.27. The number of aliphatic hydroxyl groups excluding tert-OH is 1. The van der Waals surface area contributed by atoms with Gasteiger partial charge in [-0.3, -0.25) is 19.7 Å². The zero-order valence-corrected chi connectivity index (χ0v) is 22.1. The lowest BCUT2D eigenvalue weighted by Crippen LogP contribution is -2.76. The summed E-state index contributed by atoms with van der Waals surface area (Å²) in [4.78, 5) is 40.9. The smallest absolute Gasteiger partial charge is 0.303 e. The van der Waals surface area contributed by atoms with Gasteiger partial charge in [-0.25, -0.2) is 9.40 Å². The Bertz CT molecular complexity index is 1200. The average molecular weight is 568 g/mol. The lowest BCUT2D eigenvalue weighted by molar-refractivity contribution is -0.241. The van der Waals surface area contributed by atoms with E-state index in [-0.39, 0.29) is 56.7 Å². The summed E-state index contributed by atoms with van der Waals surface area (Å²) < 4.78 is 13.3. The highest BCUT2D eigenvalue weighted by atomic mass is 35.5. The molecule has 3 N–H and O–H groups in total. The highest BCUT2D eigenvalue weighted by Crippen LogP contribution is 2.30. The van der Waals surface area contributed by atoms with Crippen LogP contribution in [0.5, 0.6) is 0 Å². The van der Waals surface area contributed by atoms with Gasteiger partial charge in [0.1, 0.15) is 18.0 Å². The van der Waals surface area contributed by atoms with Crippen molar-refractivity contribution in [3.05, 3.63) is 69.5 Å². The van der Waals surface area contributed by atoms with Crippen LogP contribution in [-0.4, -0.2) is 86.5 Å². The average Bonchev–Trinajstić information content (AvgIpc) is 2.86. The molecule has 13 heteroatoms. The second-order valence-corrected chi connectivity index (χ2v) is 10.1. The highest BCUT2D eigenvalue weighted by Gasteiger charge is 2.50. The van der Waals surface area contributed by atoms with Crippen molar-refractivity contribution in [2.24, 2.45) is 0 Å². The van der Waals surface area contributed by atoms with Gasteiger partial charge >= 0.3 is 5.97 Å². The molecule has 0 aromatic heterocycles. The second-order valence-electron chi connectivity index (χ2n) is 9.27. The Morgan fingerprint density at radius 1 is 1.13 bits per heavy atom. The number of likely N-dealkylation sites (N-methyl/N-ethyl adjacent to an activating group) is 1. The maximum absolute atomic E-state index is 13.5. The molecule has 1 unspecified atom stereocenters. The number of amides is 2. The number of benzene rings is 2. The van der Waals surface area contributed by atoms with E-state index < -0.39 is 24.5 Å². The number of hydrogen-bond donors (Lipinski definition) is 3. The van der Waals surface area contributed by atoms with Gasteiger partial charge in [-0.15, -0.1) is 0 Å². The third-order valence-corrected chi connectivity index (χ3v) is 7.37. The van der Waals surface area contributed by atoms with Crippen LogP contribution in [-0.2, 0) is 27.5 Å². The molecule has 0 aliphatic carbocycles.